The van der Waals surface area contributed by atoms with Gasteiger partial charge in [0.1, 0.15) is 5.82 Å². The van der Waals surface area contributed by atoms with Gasteiger partial charge in [0.2, 0.25) is 10.0 Å². The predicted octanol–water partition coefficient (Wildman–Crippen LogP) is 2.53. The van der Waals surface area contributed by atoms with Gasteiger partial charge in [0.05, 0.1) is 11.4 Å². The molecular weight excluding hydrogens is 360 g/mol. The summed E-state index contributed by atoms with van der Waals surface area (Å²) >= 11 is 0. The molecule has 0 saturated carbocycles. The first-order valence-electron chi connectivity index (χ1n) is 8.88. The minimum atomic E-state index is -3.69. The first kappa shape index (κ1) is 17.8. The van der Waals surface area contributed by atoms with Gasteiger partial charge in [0.25, 0.3) is 0 Å². The number of hydrogen-bond donors (Lipinski definition) is 1. The number of fused-ring (bicyclic) bond motifs is 1. The molecular formula is C20H22N4O2S. The van der Waals surface area contributed by atoms with Crippen molar-refractivity contribution in [3.8, 4) is 0 Å². The number of imidazole rings is 1. The van der Waals surface area contributed by atoms with Crippen LogP contribution in [0.4, 0.5) is 5.69 Å². The molecule has 1 aliphatic heterocycles. The van der Waals surface area contributed by atoms with Crippen LogP contribution in [0.3, 0.4) is 0 Å². The minimum absolute atomic E-state index is 0.167. The third-order valence-electron chi connectivity index (χ3n) is 5.05. The minimum Gasteiger partial charge on any atom is -0.361 e. The molecule has 0 spiro atoms. The number of nitrogens with two attached hydrogens (primary N) is 1. The second kappa shape index (κ2) is 6.83. The number of rotatable bonds is 5. The van der Waals surface area contributed by atoms with E-state index in [-0.39, 0.29) is 10.9 Å². The van der Waals surface area contributed by atoms with E-state index in [0.29, 0.717) is 6.54 Å². The fourth-order valence-electron chi connectivity index (χ4n) is 3.66. The standard InChI is InChI=1S/C20H22N4O2S/c1-15-11-17-12-18(27(21,25)26)7-8-19(17)24(15)14-20-22-9-10-23(20)13-16-5-3-2-4-6-16/h2-10,12,15H,11,13-14H2,1H3,(H2,21,25,26). The van der Waals surface area contributed by atoms with Gasteiger partial charge in [-0.1, -0.05) is 30.3 Å². The molecule has 140 valence electrons. The summed E-state index contributed by atoms with van der Waals surface area (Å²) in [6.07, 6.45) is 4.61. The zero-order chi connectivity index (χ0) is 19.0. The maximum Gasteiger partial charge on any atom is 0.238 e. The van der Waals surface area contributed by atoms with Crippen LogP contribution in [0.25, 0.3) is 0 Å². The second-order valence-corrected chi connectivity index (χ2v) is 8.53. The van der Waals surface area contributed by atoms with E-state index in [9.17, 15) is 8.42 Å². The van der Waals surface area contributed by atoms with Crippen LogP contribution in [0.2, 0.25) is 0 Å². The maximum absolute atomic E-state index is 11.6. The monoisotopic (exact) mass is 382 g/mol. The van der Waals surface area contributed by atoms with E-state index >= 15 is 0 Å². The first-order valence-corrected chi connectivity index (χ1v) is 10.4. The van der Waals surface area contributed by atoms with Crippen LogP contribution in [-0.2, 0) is 29.5 Å². The Labute approximate surface area is 159 Å². The molecule has 1 atom stereocenters. The highest BCUT2D eigenvalue weighted by Gasteiger charge is 2.28. The zero-order valence-corrected chi connectivity index (χ0v) is 15.9. The average Bonchev–Trinajstić information content (AvgIpc) is 3.19. The number of benzene rings is 2. The lowest BCUT2D eigenvalue weighted by molar-refractivity contribution is 0.597. The number of sulfonamides is 1. The van der Waals surface area contributed by atoms with Crippen LogP contribution < -0.4 is 10.0 Å². The van der Waals surface area contributed by atoms with Crippen molar-refractivity contribution in [2.24, 2.45) is 5.14 Å². The molecule has 27 heavy (non-hydrogen) atoms. The second-order valence-electron chi connectivity index (χ2n) is 6.97. The molecule has 4 rings (SSSR count). The number of nitrogens with zero attached hydrogens (tertiary/aromatic N) is 3. The summed E-state index contributed by atoms with van der Waals surface area (Å²) in [6, 6.07) is 15.7. The van der Waals surface area contributed by atoms with Crippen molar-refractivity contribution in [1.29, 1.82) is 0 Å². The van der Waals surface area contributed by atoms with E-state index in [1.165, 1.54) is 5.56 Å². The number of hydrogen-bond acceptors (Lipinski definition) is 4. The smallest absolute Gasteiger partial charge is 0.238 e. The molecule has 0 radical (unpaired) electrons. The molecule has 2 heterocycles. The average molecular weight is 382 g/mol. The Bertz CT molecular complexity index is 1060. The Kier molecular flexibility index (Phi) is 4.49. The van der Waals surface area contributed by atoms with Crippen LogP contribution in [0, 0.1) is 0 Å². The highest BCUT2D eigenvalue weighted by molar-refractivity contribution is 7.89. The summed E-state index contributed by atoms with van der Waals surface area (Å²) in [7, 11) is -3.69. The van der Waals surface area contributed by atoms with Gasteiger partial charge in [0.15, 0.2) is 0 Å². The summed E-state index contributed by atoms with van der Waals surface area (Å²) in [4.78, 5) is 6.98. The van der Waals surface area contributed by atoms with Gasteiger partial charge in [-0.3, -0.25) is 0 Å². The first-order chi connectivity index (χ1) is 12.9. The molecule has 1 aliphatic rings. The Morgan fingerprint density at radius 3 is 2.67 bits per heavy atom. The van der Waals surface area contributed by atoms with E-state index in [0.717, 1.165) is 30.0 Å². The summed E-state index contributed by atoms with van der Waals surface area (Å²) in [6.45, 7) is 3.58. The highest BCUT2D eigenvalue weighted by Crippen LogP contribution is 2.34. The zero-order valence-electron chi connectivity index (χ0n) is 15.1. The van der Waals surface area contributed by atoms with Gasteiger partial charge < -0.3 is 9.47 Å². The van der Waals surface area contributed by atoms with Gasteiger partial charge in [-0.15, -0.1) is 0 Å². The Morgan fingerprint density at radius 2 is 1.93 bits per heavy atom. The topological polar surface area (TPSA) is 81.2 Å². The maximum atomic E-state index is 11.6. The third-order valence-corrected chi connectivity index (χ3v) is 5.96. The van der Waals surface area contributed by atoms with Gasteiger partial charge >= 0.3 is 0 Å². The van der Waals surface area contributed by atoms with E-state index in [1.54, 1.807) is 12.1 Å². The van der Waals surface area contributed by atoms with E-state index in [4.69, 9.17) is 5.14 Å². The summed E-state index contributed by atoms with van der Waals surface area (Å²) in [5.74, 6) is 0.981. The Balaban J connectivity index is 1.59. The molecule has 0 fully saturated rings. The van der Waals surface area contributed by atoms with Crippen molar-refractivity contribution in [2.75, 3.05) is 4.90 Å². The SMILES string of the molecule is CC1Cc2cc(S(N)(=O)=O)ccc2N1Cc1nccn1Cc1ccccc1. The number of aromatic nitrogens is 2. The predicted molar refractivity (Wildman–Crippen MR) is 105 cm³/mol. The third kappa shape index (κ3) is 3.61. The van der Waals surface area contributed by atoms with Gasteiger partial charge in [0, 0.05) is 30.7 Å². The Morgan fingerprint density at radius 1 is 1.15 bits per heavy atom. The molecule has 7 heteroatoms. The molecule has 0 aliphatic carbocycles. The molecule has 3 aromatic rings. The van der Waals surface area contributed by atoms with Gasteiger partial charge in [-0.05, 0) is 42.7 Å². The van der Waals surface area contributed by atoms with E-state index in [2.05, 4.69) is 33.5 Å². The van der Waals surface area contributed by atoms with Crippen LogP contribution in [0.15, 0.2) is 65.8 Å². The van der Waals surface area contributed by atoms with Crippen LogP contribution in [0.1, 0.15) is 23.9 Å². The van der Waals surface area contributed by atoms with Crippen molar-refractivity contribution in [2.45, 2.75) is 37.4 Å². The van der Waals surface area contributed by atoms with Crippen molar-refractivity contribution in [1.82, 2.24) is 9.55 Å². The number of primary sulfonamides is 1. The molecule has 0 bridgehead atoms. The van der Waals surface area contributed by atoms with Gasteiger partial charge in [-0.2, -0.15) is 0 Å². The van der Waals surface area contributed by atoms with Crippen LogP contribution in [0.5, 0.6) is 0 Å². The van der Waals surface area contributed by atoms with Gasteiger partial charge in [-0.25, -0.2) is 18.5 Å². The summed E-state index contributed by atoms with van der Waals surface area (Å²) in [5, 5.41) is 5.27. The van der Waals surface area contributed by atoms with E-state index < -0.39 is 10.0 Å². The van der Waals surface area contributed by atoms with Crippen molar-refractivity contribution in [3.63, 3.8) is 0 Å². The van der Waals surface area contributed by atoms with Crippen LogP contribution in [-0.4, -0.2) is 24.0 Å². The molecule has 1 aromatic heterocycles. The summed E-state index contributed by atoms with van der Waals surface area (Å²) < 4.78 is 25.4. The van der Waals surface area contributed by atoms with E-state index in [1.807, 2.05) is 36.7 Å². The molecule has 1 unspecified atom stereocenters. The van der Waals surface area contributed by atoms with Crippen molar-refractivity contribution in [3.05, 3.63) is 77.9 Å². The number of anilines is 1. The fourth-order valence-corrected chi connectivity index (χ4v) is 4.22. The Hall–Kier alpha value is -2.64. The molecule has 0 amide bonds. The molecule has 6 nitrogen and oxygen atoms in total. The fraction of sp³-hybridized carbons (Fsp3) is 0.250. The normalized spacial score (nSPS) is 16.5. The van der Waals surface area contributed by atoms with Crippen molar-refractivity contribution >= 4 is 15.7 Å². The highest BCUT2D eigenvalue weighted by atomic mass is 32.2. The van der Waals surface area contributed by atoms with Crippen LogP contribution >= 0.6 is 0 Å². The molecule has 0 saturated heterocycles. The lowest BCUT2D eigenvalue weighted by atomic mass is 10.1. The lowest BCUT2D eigenvalue weighted by Gasteiger charge is -2.25. The lowest BCUT2D eigenvalue weighted by Crippen LogP contribution is -2.30. The largest absolute Gasteiger partial charge is 0.361 e. The van der Waals surface area contributed by atoms with Crippen molar-refractivity contribution < 1.29 is 8.42 Å². The summed E-state index contributed by atoms with van der Waals surface area (Å²) in [5.41, 5.74) is 3.28. The molecule has 2 N–H and O–H groups in total. The quantitative estimate of drug-likeness (QED) is 0.735. The molecule has 2 aromatic carbocycles.